The number of halogens is 2. The van der Waals surface area contributed by atoms with Gasteiger partial charge >= 0.3 is 0 Å². The molecule has 2 aromatic rings. The van der Waals surface area contributed by atoms with E-state index in [4.69, 9.17) is 17.3 Å². The maximum absolute atomic E-state index is 13.1. The quantitative estimate of drug-likeness (QED) is 0.573. The summed E-state index contributed by atoms with van der Waals surface area (Å²) in [6.07, 6.45) is 0. The Morgan fingerprint density at radius 3 is 2.39 bits per heavy atom. The van der Waals surface area contributed by atoms with Crippen LogP contribution in [0.5, 0.6) is 0 Å². The molecule has 0 aliphatic carbocycles. The van der Waals surface area contributed by atoms with Crippen LogP contribution in [-0.2, 0) is 11.2 Å². The van der Waals surface area contributed by atoms with Crippen LogP contribution in [0.3, 0.4) is 0 Å². The average Bonchev–Trinajstić information content (AvgIpc) is 2.48. The van der Waals surface area contributed by atoms with E-state index in [1.54, 1.807) is 6.07 Å². The van der Waals surface area contributed by atoms with Gasteiger partial charge in [-0.3, -0.25) is 0 Å². The minimum Gasteiger partial charge on any atom is -0.378 e. The fourth-order valence-electron chi connectivity index (χ4n) is 1.97. The molecule has 0 heterocycles. The second-order valence-corrected chi connectivity index (χ2v) is 7.69. The van der Waals surface area contributed by atoms with E-state index in [2.05, 4.69) is 50.0 Å². The van der Waals surface area contributed by atoms with Gasteiger partial charge in [0.2, 0.25) is 0 Å². The molecule has 0 saturated carbocycles. The van der Waals surface area contributed by atoms with Gasteiger partial charge in [-0.1, -0.05) is 68.4 Å². The number of rotatable bonds is 3. The van der Waals surface area contributed by atoms with Crippen LogP contribution in [0.1, 0.15) is 31.9 Å². The Labute approximate surface area is 146 Å². The van der Waals surface area contributed by atoms with Crippen LogP contribution < -0.4 is 5.73 Å². The van der Waals surface area contributed by atoms with E-state index < -0.39 is 5.82 Å². The highest BCUT2D eigenvalue weighted by Gasteiger charge is 2.12. The predicted molar refractivity (Wildman–Crippen MR) is 99.1 cm³/mol. The molecule has 0 spiro atoms. The first-order valence-corrected chi connectivity index (χ1v) is 8.63. The van der Waals surface area contributed by atoms with Crippen molar-refractivity contribution < 1.29 is 4.39 Å². The number of hydrogen-bond acceptors (Lipinski definition) is 2. The summed E-state index contributed by atoms with van der Waals surface area (Å²) in [5.74, 6) is 0.269. The van der Waals surface area contributed by atoms with Gasteiger partial charge in [0.1, 0.15) is 5.82 Å². The summed E-state index contributed by atoms with van der Waals surface area (Å²) in [5.41, 5.74) is 9.09. The van der Waals surface area contributed by atoms with Crippen molar-refractivity contribution in [1.82, 2.24) is 0 Å². The molecule has 0 aromatic heterocycles. The van der Waals surface area contributed by atoms with Crippen molar-refractivity contribution >= 4 is 34.2 Å². The maximum Gasteiger partial charge on any atom is 0.159 e. The smallest absolute Gasteiger partial charge is 0.159 e. The van der Waals surface area contributed by atoms with Crippen LogP contribution in [0.15, 0.2) is 47.5 Å². The van der Waals surface area contributed by atoms with Gasteiger partial charge in [-0.25, -0.2) is 9.38 Å². The molecule has 0 saturated heterocycles. The lowest BCUT2D eigenvalue weighted by atomic mass is 9.87. The Balaban J connectivity index is 1.99. The van der Waals surface area contributed by atoms with Crippen molar-refractivity contribution in [3.05, 3.63) is 64.4 Å². The Morgan fingerprint density at radius 2 is 1.83 bits per heavy atom. The Morgan fingerprint density at radius 1 is 1.17 bits per heavy atom. The van der Waals surface area contributed by atoms with E-state index >= 15 is 0 Å². The van der Waals surface area contributed by atoms with E-state index in [9.17, 15) is 4.39 Å². The molecule has 2 N–H and O–H groups in total. The molecular formula is C18H20ClFN2S. The monoisotopic (exact) mass is 350 g/mol. The topological polar surface area (TPSA) is 38.4 Å². The summed E-state index contributed by atoms with van der Waals surface area (Å²) in [6.45, 7) is 6.57. The molecular weight excluding hydrogens is 331 g/mol. The zero-order valence-corrected chi connectivity index (χ0v) is 15.0. The average molecular weight is 351 g/mol. The number of aliphatic imine (C=N–C) groups is 1. The lowest BCUT2D eigenvalue weighted by Crippen LogP contribution is -2.10. The largest absolute Gasteiger partial charge is 0.378 e. The van der Waals surface area contributed by atoms with Gasteiger partial charge in [0.05, 0.1) is 10.7 Å². The van der Waals surface area contributed by atoms with Crippen LogP contribution in [-0.4, -0.2) is 5.17 Å². The van der Waals surface area contributed by atoms with Crippen LogP contribution in [0.2, 0.25) is 5.02 Å². The molecule has 2 nitrogen and oxygen atoms in total. The molecule has 2 rings (SSSR count). The first-order valence-electron chi connectivity index (χ1n) is 7.27. The third-order valence-corrected chi connectivity index (χ3v) is 4.50. The number of benzene rings is 2. The molecule has 0 aliphatic heterocycles. The van der Waals surface area contributed by atoms with Gasteiger partial charge in [0.25, 0.3) is 0 Å². The van der Waals surface area contributed by atoms with Gasteiger partial charge in [0.15, 0.2) is 5.17 Å². The van der Waals surface area contributed by atoms with Crippen molar-refractivity contribution in [3.8, 4) is 0 Å². The summed E-state index contributed by atoms with van der Waals surface area (Å²) in [6, 6.07) is 12.8. The van der Waals surface area contributed by atoms with Crippen LogP contribution in [0.25, 0.3) is 0 Å². The van der Waals surface area contributed by atoms with Crippen molar-refractivity contribution in [1.29, 1.82) is 0 Å². The van der Waals surface area contributed by atoms with E-state index in [0.29, 0.717) is 10.9 Å². The molecule has 2 aromatic carbocycles. The van der Waals surface area contributed by atoms with Crippen molar-refractivity contribution in [2.75, 3.05) is 0 Å². The first-order chi connectivity index (χ1) is 10.8. The lowest BCUT2D eigenvalue weighted by Gasteiger charge is -2.19. The van der Waals surface area contributed by atoms with Crippen LogP contribution in [0, 0.1) is 5.82 Å². The highest BCUT2D eigenvalue weighted by atomic mass is 35.5. The maximum atomic E-state index is 13.1. The summed E-state index contributed by atoms with van der Waals surface area (Å²) in [5, 5.41) is 0.467. The molecule has 0 fully saturated rings. The fourth-order valence-corrected chi connectivity index (χ4v) is 2.82. The zero-order chi connectivity index (χ0) is 17.0. The van der Waals surface area contributed by atoms with E-state index in [1.807, 2.05) is 0 Å². The lowest BCUT2D eigenvalue weighted by molar-refractivity contribution is 0.590. The van der Waals surface area contributed by atoms with Gasteiger partial charge in [-0.05, 0) is 34.7 Å². The molecule has 122 valence electrons. The normalized spacial score (nSPS) is 12.5. The molecule has 0 aliphatic rings. The van der Waals surface area contributed by atoms with Gasteiger partial charge in [-0.15, -0.1) is 0 Å². The second-order valence-electron chi connectivity index (χ2n) is 6.28. The number of thioether (sulfide) groups is 1. The third-order valence-electron chi connectivity index (χ3n) is 3.35. The molecule has 5 heteroatoms. The number of hydrogen-bond donors (Lipinski definition) is 1. The molecule has 0 amide bonds. The first kappa shape index (κ1) is 17.8. The molecule has 23 heavy (non-hydrogen) atoms. The standard InChI is InChI=1S/C18H20ClFN2S/c1-18(2,3)13-6-4-12(5-7-13)11-23-17(21)22-14-8-9-16(20)15(19)10-14/h4-10H,11H2,1-3H3,(H2,21,22). The predicted octanol–water partition coefficient (Wildman–Crippen LogP) is 5.66. The van der Waals surface area contributed by atoms with Gasteiger partial charge in [-0.2, -0.15) is 0 Å². The SMILES string of the molecule is CC(C)(C)c1ccc(CSC(N)=Nc2ccc(F)c(Cl)c2)cc1. The Kier molecular flexibility index (Phi) is 5.71. The summed E-state index contributed by atoms with van der Waals surface area (Å²) >= 11 is 7.17. The van der Waals surface area contributed by atoms with Gasteiger partial charge < -0.3 is 5.73 Å². The van der Waals surface area contributed by atoms with Crippen molar-refractivity contribution in [2.24, 2.45) is 10.7 Å². The summed E-state index contributed by atoms with van der Waals surface area (Å²) < 4.78 is 13.1. The van der Waals surface area contributed by atoms with Crippen molar-refractivity contribution in [3.63, 3.8) is 0 Å². The molecule has 0 radical (unpaired) electrons. The molecule has 0 unspecified atom stereocenters. The number of amidine groups is 1. The highest BCUT2D eigenvalue weighted by molar-refractivity contribution is 8.13. The van der Waals surface area contributed by atoms with Crippen molar-refractivity contribution in [2.45, 2.75) is 31.9 Å². The van der Waals surface area contributed by atoms with Crippen LogP contribution >= 0.6 is 23.4 Å². The van der Waals surface area contributed by atoms with E-state index in [0.717, 1.165) is 5.75 Å². The summed E-state index contributed by atoms with van der Waals surface area (Å²) in [7, 11) is 0. The second kappa shape index (κ2) is 7.37. The minimum atomic E-state index is -0.462. The highest BCUT2D eigenvalue weighted by Crippen LogP contribution is 2.25. The van der Waals surface area contributed by atoms with Crippen LogP contribution in [0.4, 0.5) is 10.1 Å². The van der Waals surface area contributed by atoms with Gasteiger partial charge in [0, 0.05) is 5.75 Å². The fraction of sp³-hybridized carbons (Fsp3) is 0.278. The zero-order valence-electron chi connectivity index (χ0n) is 13.4. The Hall–Kier alpha value is -1.52. The number of nitrogens with two attached hydrogens (primary N) is 1. The van der Waals surface area contributed by atoms with E-state index in [1.165, 1.54) is 35.0 Å². The summed E-state index contributed by atoms with van der Waals surface area (Å²) in [4.78, 5) is 4.24. The molecule has 0 bridgehead atoms. The third kappa shape index (κ3) is 5.26. The number of nitrogens with zero attached hydrogens (tertiary/aromatic N) is 1. The van der Waals surface area contributed by atoms with E-state index in [-0.39, 0.29) is 10.4 Å². The Bertz CT molecular complexity index is 706. The molecule has 0 atom stereocenters. The minimum absolute atomic E-state index is 0.0434.